The molecule has 134 valence electrons. The van der Waals surface area contributed by atoms with Crippen molar-refractivity contribution in [3.05, 3.63) is 28.8 Å². The molecule has 0 radical (unpaired) electrons. The number of nitriles is 1. The Bertz CT molecular complexity index is 641. The minimum Gasteiger partial charge on any atom is -0.368 e. The highest BCUT2D eigenvalue weighted by Crippen LogP contribution is 2.24. The predicted octanol–water partition coefficient (Wildman–Crippen LogP) is 2.74. The minimum atomic E-state index is 0.263. The lowest BCUT2D eigenvalue weighted by molar-refractivity contribution is -0.132. The first kappa shape index (κ1) is 18.0. The van der Waals surface area contributed by atoms with Gasteiger partial charge in [0.15, 0.2) is 0 Å². The highest BCUT2D eigenvalue weighted by Gasteiger charge is 2.23. The first-order chi connectivity index (χ1) is 12.2. The quantitative estimate of drug-likeness (QED) is 0.831. The van der Waals surface area contributed by atoms with Crippen LogP contribution in [0, 0.1) is 11.3 Å². The Morgan fingerprint density at radius 1 is 1.04 bits per heavy atom. The van der Waals surface area contributed by atoms with Gasteiger partial charge >= 0.3 is 0 Å². The minimum absolute atomic E-state index is 0.263. The molecular formula is C19H25ClN4O. The molecule has 2 aliphatic rings. The van der Waals surface area contributed by atoms with Gasteiger partial charge in [-0.15, -0.1) is 0 Å². The van der Waals surface area contributed by atoms with E-state index in [1.807, 2.05) is 17.0 Å². The summed E-state index contributed by atoms with van der Waals surface area (Å²) >= 11 is 5.98. The molecule has 5 nitrogen and oxygen atoms in total. The number of rotatable bonds is 3. The van der Waals surface area contributed by atoms with Crippen molar-refractivity contribution in [3.63, 3.8) is 0 Å². The van der Waals surface area contributed by atoms with Gasteiger partial charge in [-0.05, 0) is 31.0 Å². The summed E-state index contributed by atoms with van der Waals surface area (Å²) in [4.78, 5) is 19.0. The number of halogens is 1. The van der Waals surface area contributed by atoms with E-state index in [1.165, 1.54) is 12.8 Å². The van der Waals surface area contributed by atoms with Crippen LogP contribution in [0.5, 0.6) is 0 Å². The number of hydrogen-bond acceptors (Lipinski definition) is 4. The molecule has 0 spiro atoms. The van der Waals surface area contributed by atoms with Crippen LogP contribution in [0.1, 0.15) is 31.2 Å². The maximum Gasteiger partial charge on any atom is 0.236 e. The molecule has 0 aliphatic carbocycles. The summed E-state index contributed by atoms with van der Waals surface area (Å²) in [5.74, 6) is 0.263. The lowest BCUT2D eigenvalue weighted by atomic mass is 10.1. The van der Waals surface area contributed by atoms with Gasteiger partial charge in [0.25, 0.3) is 0 Å². The van der Waals surface area contributed by atoms with Gasteiger partial charge in [-0.3, -0.25) is 9.69 Å². The second kappa shape index (κ2) is 8.55. The SMILES string of the molecule is N#Cc1cc(Cl)ccc1N1CCN(CC(=O)N2CCCCCC2)CC1. The monoisotopic (exact) mass is 360 g/mol. The van der Waals surface area contributed by atoms with Gasteiger partial charge in [-0.25, -0.2) is 0 Å². The second-order valence-corrected chi connectivity index (χ2v) is 7.27. The van der Waals surface area contributed by atoms with Crippen LogP contribution in [0.15, 0.2) is 18.2 Å². The van der Waals surface area contributed by atoms with E-state index in [2.05, 4.69) is 15.9 Å². The van der Waals surface area contributed by atoms with E-state index in [0.29, 0.717) is 17.1 Å². The maximum absolute atomic E-state index is 12.5. The van der Waals surface area contributed by atoms with Crippen LogP contribution in [0.25, 0.3) is 0 Å². The van der Waals surface area contributed by atoms with Crippen LogP contribution < -0.4 is 4.90 Å². The fourth-order valence-electron chi connectivity index (χ4n) is 3.63. The molecule has 1 aromatic carbocycles. The number of carbonyl (C=O) groups excluding carboxylic acids is 1. The number of nitrogens with zero attached hydrogens (tertiary/aromatic N) is 4. The third kappa shape index (κ3) is 4.65. The van der Waals surface area contributed by atoms with E-state index in [9.17, 15) is 10.1 Å². The summed E-state index contributed by atoms with van der Waals surface area (Å²) in [7, 11) is 0. The van der Waals surface area contributed by atoms with Gasteiger partial charge in [-0.1, -0.05) is 24.4 Å². The Hall–Kier alpha value is -1.77. The number of benzene rings is 1. The van der Waals surface area contributed by atoms with Gasteiger partial charge in [0.05, 0.1) is 17.8 Å². The molecule has 1 amide bonds. The normalized spacial score (nSPS) is 19.4. The third-order valence-corrected chi connectivity index (χ3v) is 5.34. The largest absolute Gasteiger partial charge is 0.368 e. The summed E-state index contributed by atoms with van der Waals surface area (Å²) < 4.78 is 0. The molecule has 0 N–H and O–H groups in total. The van der Waals surface area contributed by atoms with Crippen LogP contribution in [0.4, 0.5) is 5.69 Å². The molecule has 0 bridgehead atoms. The summed E-state index contributed by atoms with van der Waals surface area (Å²) in [5, 5.41) is 9.90. The van der Waals surface area contributed by atoms with Crippen molar-refractivity contribution in [2.24, 2.45) is 0 Å². The van der Waals surface area contributed by atoms with Gasteiger partial charge < -0.3 is 9.80 Å². The van der Waals surface area contributed by atoms with E-state index >= 15 is 0 Å². The maximum atomic E-state index is 12.5. The highest BCUT2D eigenvalue weighted by atomic mass is 35.5. The summed E-state index contributed by atoms with van der Waals surface area (Å²) in [6, 6.07) is 7.68. The number of carbonyl (C=O) groups is 1. The lowest BCUT2D eigenvalue weighted by Gasteiger charge is -2.37. The standard InChI is InChI=1S/C19H25ClN4O/c20-17-5-6-18(16(13-17)14-21)23-11-9-22(10-12-23)15-19(25)24-7-3-1-2-4-8-24/h5-6,13H,1-4,7-12,15H2. The molecule has 2 fully saturated rings. The van der Waals surface area contributed by atoms with Crippen LogP contribution in [0.2, 0.25) is 5.02 Å². The Labute approximate surface area is 154 Å². The Morgan fingerprint density at radius 3 is 2.36 bits per heavy atom. The average Bonchev–Trinajstić information content (AvgIpc) is 2.92. The van der Waals surface area contributed by atoms with Gasteiger partial charge in [0.2, 0.25) is 5.91 Å². The summed E-state index contributed by atoms with van der Waals surface area (Å²) in [5.41, 5.74) is 1.55. The van der Waals surface area contributed by atoms with Crippen molar-refractivity contribution in [2.45, 2.75) is 25.7 Å². The van der Waals surface area contributed by atoms with E-state index < -0.39 is 0 Å². The topological polar surface area (TPSA) is 50.6 Å². The van der Waals surface area contributed by atoms with Crippen molar-refractivity contribution in [1.29, 1.82) is 5.26 Å². The van der Waals surface area contributed by atoms with Crippen LogP contribution in [0.3, 0.4) is 0 Å². The lowest BCUT2D eigenvalue weighted by Crippen LogP contribution is -2.50. The van der Waals surface area contributed by atoms with Gasteiger partial charge in [0.1, 0.15) is 6.07 Å². The number of likely N-dealkylation sites (tertiary alicyclic amines) is 1. The van der Waals surface area contributed by atoms with Crippen molar-refractivity contribution in [2.75, 3.05) is 50.7 Å². The molecule has 0 aromatic heterocycles. The summed E-state index contributed by atoms with van der Waals surface area (Å²) in [6.07, 6.45) is 4.75. The van der Waals surface area contributed by atoms with Gasteiger partial charge in [0, 0.05) is 44.3 Å². The zero-order chi connectivity index (χ0) is 17.6. The van der Waals surface area contributed by atoms with Crippen molar-refractivity contribution in [3.8, 4) is 6.07 Å². The first-order valence-electron chi connectivity index (χ1n) is 9.12. The van der Waals surface area contributed by atoms with E-state index in [-0.39, 0.29) is 5.91 Å². The fraction of sp³-hybridized carbons (Fsp3) is 0.579. The highest BCUT2D eigenvalue weighted by molar-refractivity contribution is 6.30. The first-order valence-corrected chi connectivity index (χ1v) is 9.50. The van der Waals surface area contributed by atoms with E-state index in [0.717, 1.165) is 57.8 Å². The molecule has 0 unspecified atom stereocenters. The number of hydrogen-bond donors (Lipinski definition) is 0. The zero-order valence-electron chi connectivity index (χ0n) is 14.6. The zero-order valence-corrected chi connectivity index (χ0v) is 15.3. The predicted molar refractivity (Wildman–Crippen MR) is 99.9 cm³/mol. The molecule has 2 heterocycles. The average molecular weight is 361 g/mol. The van der Waals surface area contributed by atoms with E-state index in [1.54, 1.807) is 6.07 Å². The molecule has 2 aliphatic heterocycles. The molecule has 0 saturated carbocycles. The Morgan fingerprint density at radius 2 is 1.72 bits per heavy atom. The number of amides is 1. The molecule has 1 aromatic rings. The van der Waals surface area contributed by atoms with Crippen LogP contribution in [-0.4, -0.2) is 61.5 Å². The fourth-order valence-corrected chi connectivity index (χ4v) is 3.80. The molecule has 0 atom stereocenters. The number of piperazine rings is 1. The Balaban J connectivity index is 1.53. The smallest absolute Gasteiger partial charge is 0.236 e. The molecular weight excluding hydrogens is 336 g/mol. The van der Waals surface area contributed by atoms with Crippen molar-refractivity contribution in [1.82, 2.24) is 9.80 Å². The summed E-state index contributed by atoms with van der Waals surface area (Å²) in [6.45, 7) is 5.66. The molecule has 6 heteroatoms. The number of anilines is 1. The third-order valence-electron chi connectivity index (χ3n) is 5.11. The van der Waals surface area contributed by atoms with Crippen LogP contribution >= 0.6 is 11.6 Å². The second-order valence-electron chi connectivity index (χ2n) is 6.83. The van der Waals surface area contributed by atoms with Crippen LogP contribution in [-0.2, 0) is 4.79 Å². The van der Waals surface area contributed by atoms with E-state index in [4.69, 9.17) is 11.6 Å². The Kier molecular flexibility index (Phi) is 6.17. The van der Waals surface area contributed by atoms with Crippen molar-refractivity contribution >= 4 is 23.2 Å². The molecule has 25 heavy (non-hydrogen) atoms. The van der Waals surface area contributed by atoms with Gasteiger partial charge in [-0.2, -0.15) is 5.26 Å². The molecule has 2 saturated heterocycles. The van der Waals surface area contributed by atoms with Crippen molar-refractivity contribution < 1.29 is 4.79 Å². The molecule has 3 rings (SSSR count).